The lowest BCUT2D eigenvalue weighted by atomic mass is 9.94. The molecule has 1 aliphatic rings. The van der Waals surface area contributed by atoms with E-state index in [1.54, 1.807) is 0 Å². The third-order valence-corrected chi connectivity index (χ3v) is 2.58. The quantitative estimate of drug-likeness (QED) is 0.665. The molecule has 0 aromatic heterocycles. The van der Waals surface area contributed by atoms with Crippen LogP contribution in [0.1, 0.15) is 0 Å². The van der Waals surface area contributed by atoms with Crippen LogP contribution in [0.2, 0.25) is 0 Å². The van der Waals surface area contributed by atoms with Gasteiger partial charge in [0.15, 0.2) is 6.10 Å². The van der Waals surface area contributed by atoms with E-state index in [9.17, 15) is 22.8 Å². The molecule has 1 aliphatic heterocycles. The second kappa shape index (κ2) is 5.11. The highest BCUT2D eigenvalue weighted by Gasteiger charge is 2.61. The topological polar surface area (TPSA) is 65.1 Å². The fourth-order valence-electron chi connectivity index (χ4n) is 1.81. The summed E-state index contributed by atoms with van der Waals surface area (Å²) in [4.78, 5) is 27.5. The first-order valence-corrected chi connectivity index (χ1v) is 4.86. The zero-order valence-corrected chi connectivity index (χ0v) is 9.85. The Kier molecular flexibility index (Phi) is 4.17. The molecule has 104 valence electrons. The minimum Gasteiger partial charge on any atom is -0.469 e. The molecule has 0 unspecified atom stereocenters. The summed E-state index contributed by atoms with van der Waals surface area (Å²) < 4.78 is 47.0. The molecule has 1 heterocycles. The van der Waals surface area contributed by atoms with Gasteiger partial charge in [0, 0.05) is 7.05 Å². The summed E-state index contributed by atoms with van der Waals surface area (Å²) in [7, 11) is 2.90. The fraction of sp³-hybridized carbons (Fsp3) is 0.778. The number of halogens is 3. The van der Waals surface area contributed by atoms with Crippen LogP contribution in [-0.2, 0) is 23.9 Å². The van der Waals surface area contributed by atoms with Crippen LogP contribution < -0.4 is 0 Å². The van der Waals surface area contributed by atoms with Crippen LogP contribution in [0, 0.1) is 5.92 Å². The molecular formula is C9H12F3NO5. The lowest BCUT2D eigenvalue weighted by Gasteiger charge is -2.23. The van der Waals surface area contributed by atoms with Crippen molar-refractivity contribution in [2.45, 2.75) is 18.3 Å². The van der Waals surface area contributed by atoms with Crippen molar-refractivity contribution < 1.29 is 37.1 Å². The van der Waals surface area contributed by atoms with Gasteiger partial charge in [-0.25, -0.2) is 4.79 Å². The van der Waals surface area contributed by atoms with Gasteiger partial charge in [-0.15, -0.1) is 0 Å². The van der Waals surface area contributed by atoms with Gasteiger partial charge in [0.2, 0.25) is 0 Å². The molecule has 6 nitrogen and oxygen atoms in total. The van der Waals surface area contributed by atoms with Crippen molar-refractivity contribution in [2.24, 2.45) is 5.92 Å². The third kappa shape index (κ3) is 2.56. The van der Waals surface area contributed by atoms with Crippen LogP contribution >= 0.6 is 0 Å². The van der Waals surface area contributed by atoms with E-state index in [0.29, 0.717) is 5.06 Å². The van der Waals surface area contributed by atoms with Gasteiger partial charge in [-0.05, 0) is 0 Å². The Hall–Kier alpha value is -1.35. The molecule has 9 heteroatoms. The van der Waals surface area contributed by atoms with E-state index in [2.05, 4.69) is 9.47 Å². The van der Waals surface area contributed by atoms with Crippen LogP contribution in [0.5, 0.6) is 0 Å². The van der Waals surface area contributed by atoms with Gasteiger partial charge in [-0.3, -0.25) is 9.63 Å². The highest BCUT2D eigenvalue weighted by atomic mass is 19.4. The predicted octanol–water partition coefficient (Wildman–Crippen LogP) is 0.125. The second-order valence-electron chi connectivity index (χ2n) is 3.63. The third-order valence-electron chi connectivity index (χ3n) is 2.58. The Bertz CT molecular complexity index is 346. The molecule has 0 spiro atoms. The van der Waals surface area contributed by atoms with E-state index in [1.807, 2.05) is 0 Å². The summed E-state index contributed by atoms with van der Waals surface area (Å²) in [5.41, 5.74) is 0. The normalized spacial score (nSPS) is 29.1. The average Bonchev–Trinajstić information content (AvgIpc) is 2.64. The molecule has 0 aliphatic carbocycles. The number of alkyl halides is 3. The molecule has 0 N–H and O–H groups in total. The van der Waals surface area contributed by atoms with E-state index in [0.717, 1.165) is 21.3 Å². The van der Waals surface area contributed by atoms with Crippen molar-refractivity contribution in [3.8, 4) is 0 Å². The molecule has 0 saturated carbocycles. The molecule has 0 radical (unpaired) electrons. The summed E-state index contributed by atoms with van der Waals surface area (Å²) in [6.07, 6.45) is -6.41. The first-order valence-electron chi connectivity index (χ1n) is 4.86. The van der Waals surface area contributed by atoms with Crippen molar-refractivity contribution in [3.05, 3.63) is 0 Å². The van der Waals surface area contributed by atoms with Crippen LogP contribution in [0.4, 0.5) is 13.2 Å². The number of carbonyl (C=O) groups excluding carboxylic acids is 2. The molecule has 3 atom stereocenters. The lowest BCUT2D eigenvalue weighted by molar-refractivity contribution is -0.236. The maximum Gasteiger partial charge on any atom is 0.407 e. The summed E-state index contributed by atoms with van der Waals surface area (Å²) in [5.74, 6) is -4.06. The van der Waals surface area contributed by atoms with Crippen LogP contribution in [0.3, 0.4) is 0 Å². The van der Waals surface area contributed by atoms with Gasteiger partial charge in [0.25, 0.3) is 0 Å². The second-order valence-corrected chi connectivity index (χ2v) is 3.63. The maximum absolute atomic E-state index is 12.8. The number of hydrogen-bond donors (Lipinski definition) is 0. The minimum absolute atomic E-state index is 0.420. The van der Waals surface area contributed by atoms with E-state index >= 15 is 0 Å². The Labute approximate surface area is 101 Å². The van der Waals surface area contributed by atoms with Crippen molar-refractivity contribution in [2.75, 3.05) is 21.3 Å². The number of carbonyl (C=O) groups is 2. The van der Waals surface area contributed by atoms with Gasteiger partial charge in [0.1, 0.15) is 12.0 Å². The fourth-order valence-corrected chi connectivity index (χ4v) is 1.81. The van der Waals surface area contributed by atoms with Crippen molar-refractivity contribution in [1.29, 1.82) is 0 Å². The number of nitrogens with zero attached hydrogens (tertiary/aromatic N) is 1. The highest BCUT2D eigenvalue weighted by Crippen LogP contribution is 2.38. The number of hydroxylamine groups is 2. The van der Waals surface area contributed by atoms with Crippen LogP contribution in [-0.4, -0.2) is 56.6 Å². The van der Waals surface area contributed by atoms with Gasteiger partial charge in [-0.1, -0.05) is 0 Å². The molecule has 0 aromatic rings. The number of methoxy groups -OCH3 is 2. The summed E-state index contributed by atoms with van der Waals surface area (Å²) in [5, 5.41) is 0.420. The van der Waals surface area contributed by atoms with Gasteiger partial charge in [-0.2, -0.15) is 18.2 Å². The van der Waals surface area contributed by atoms with E-state index in [1.165, 1.54) is 0 Å². The SMILES string of the molecule is COC(=O)[C@@H]1[C@@H](C(F)(F)F)N(C)O[C@H]1C(=O)OC. The largest absolute Gasteiger partial charge is 0.469 e. The molecule has 1 fully saturated rings. The predicted molar refractivity (Wildman–Crippen MR) is 50.0 cm³/mol. The van der Waals surface area contributed by atoms with E-state index in [-0.39, 0.29) is 0 Å². The number of rotatable bonds is 2. The molecule has 1 saturated heterocycles. The lowest BCUT2D eigenvalue weighted by Crippen LogP contribution is -2.47. The highest BCUT2D eigenvalue weighted by molar-refractivity contribution is 5.85. The monoisotopic (exact) mass is 271 g/mol. The summed E-state index contributed by atoms with van der Waals surface area (Å²) in [6.45, 7) is 0. The molecule has 1 rings (SSSR count). The van der Waals surface area contributed by atoms with E-state index in [4.69, 9.17) is 4.84 Å². The first-order chi connectivity index (χ1) is 8.23. The van der Waals surface area contributed by atoms with Gasteiger partial charge < -0.3 is 9.47 Å². The number of esters is 2. The molecule has 0 aromatic carbocycles. The van der Waals surface area contributed by atoms with Gasteiger partial charge in [0.05, 0.1) is 14.2 Å². The standard InChI is InChI=1S/C9H12F3NO5/c1-13-6(9(10,11)12)4(7(14)16-2)5(18-13)8(15)17-3/h4-6H,1-3H3/t4-,5+,6-/m0/s1. The van der Waals surface area contributed by atoms with Crippen molar-refractivity contribution >= 4 is 11.9 Å². The maximum atomic E-state index is 12.8. The Morgan fingerprint density at radius 1 is 1.17 bits per heavy atom. The molecule has 0 amide bonds. The molecule has 18 heavy (non-hydrogen) atoms. The Balaban J connectivity index is 3.11. The average molecular weight is 271 g/mol. The van der Waals surface area contributed by atoms with Crippen molar-refractivity contribution in [1.82, 2.24) is 5.06 Å². The minimum atomic E-state index is -4.74. The van der Waals surface area contributed by atoms with Crippen molar-refractivity contribution in [3.63, 3.8) is 0 Å². The zero-order chi connectivity index (χ0) is 14.1. The molecule has 0 bridgehead atoms. The summed E-state index contributed by atoms with van der Waals surface area (Å²) >= 11 is 0. The smallest absolute Gasteiger partial charge is 0.407 e. The van der Waals surface area contributed by atoms with E-state index < -0.39 is 36.2 Å². The van der Waals surface area contributed by atoms with Crippen LogP contribution in [0.25, 0.3) is 0 Å². The van der Waals surface area contributed by atoms with Gasteiger partial charge >= 0.3 is 18.1 Å². The molecular weight excluding hydrogens is 259 g/mol. The Morgan fingerprint density at radius 2 is 1.67 bits per heavy atom. The summed E-state index contributed by atoms with van der Waals surface area (Å²) in [6, 6.07) is -2.26. The number of ether oxygens (including phenoxy) is 2. The number of hydrogen-bond acceptors (Lipinski definition) is 6. The zero-order valence-electron chi connectivity index (χ0n) is 9.85. The van der Waals surface area contributed by atoms with Crippen LogP contribution in [0.15, 0.2) is 0 Å². The Morgan fingerprint density at radius 3 is 2.06 bits per heavy atom. The first kappa shape index (κ1) is 14.7.